The second-order valence-electron chi connectivity index (χ2n) is 5.40. The van der Waals surface area contributed by atoms with Crippen molar-refractivity contribution in [3.63, 3.8) is 0 Å². The fraction of sp³-hybridized carbons (Fsp3) is 0.176. The topological polar surface area (TPSA) is 80.6 Å². The first-order chi connectivity index (χ1) is 12.0. The number of amides is 2. The lowest BCUT2D eigenvalue weighted by atomic mass is 9.95. The Morgan fingerprint density at radius 2 is 2.08 bits per heavy atom. The maximum Gasteiger partial charge on any atom is 0.338 e. The molecule has 0 fully saturated rings. The van der Waals surface area contributed by atoms with Crippen molar-refractivity contribution >= 4 is 35.2 Å². The molecule has 2 N–H and O–H groups in total. The van der Waals surface area contributed by atoms with Crippen molar-refractivity contribution in [2.24, 2.45) is 0 Å². The average Bonchev–Trinajstić information content (AvgIpc) is 3.08. The number of ether oxygens (including phenoxy) is 1. The van der Waals surface area contributed by atoms with E-state index in [1.165, 1.54) is 6.26 Å². The molecule has 2 heterocycles. The Bertz CT molecular complexity index is 846. The molecule has 2 amide bonds. The molecule has 3 rings (SSSR count). The maximum absolute atomic E-state index is 12.6. The highest BCUT2D eigenvalue weighted by Gasteiger charge is 2.32. The molecule has 0 saturated carbocycles. The summed E-state index contributed by atoms with van der Waals surface area (Å²) in [6.07, 6.45) is 1.49. The molecule has 0 unspecified atom stereocenters. The Morgan fingerprint density at radius 1 is 1.28 bits per heavy atom. The van der Waals surface area contributed by atoms with Crippen molar-refractivity contribution in [1.29, 1.82) is 0 Å². The number of furan rings is 1. The van der Waals surface area contributed by atoms with Crippen LogP contribution in [0.4, 0.5) is 4.79 Å². The monoisotopic (exact) mass is 380 g/mol. The summed E-state index contributed by atoms with van der Waals surface area (Å²) in [5.74, 6) is -0.0528. The minimum Gasteiger partial charge on any atom is -0.466 e. The van der Waals surface area contributed by atoms with Crippen LogP contribution in [0.15, 0.2) is 52.3 Å². The Hall–Kier alpha value is -2.44. The van der Waals surface area contributed by atoms with E-state index in [2.05, 4.69) is 10.6 Å². The van der Waals surface area contributed by atoms with Crippen LogP contribution in [0.1, 0.15) is 24.3 Å². The van der Waals surface area contributed by atoms with Crippen molar-refractivity contribution in [2.45, 2.75) is 19.6 Å². The van der Waals surface area contributed by atoms with Crippen LogP contribution in [-0.2, 0) is 16.1 Å². The third kappa shape index (κ3) is 3.81. The van der Waals surface area contributed by atoms with Gasteiger partial charge in [-0.3, -0.25) is 0 Å². The lowest BCUT2D eigenvalue weighted by Crippen LogP contribution is -2.45. The predicted octanol–water partition coefficient (Wildman–Crippen LogP) is 3.96. The summed E-state index contributed by atoms with van der Waals surface area (Å²) in [5.41, 5.74) is 1.31. The summed E-state index contributed by atoms with van der Waals surface area (Å²) < 4.78 is 10.4. The number of carbonyl (C=O) groups is 2. The number of esters is 1. The van der Waals surface area contributed by atoms with E-state index in [-0.39, 0.29) is 12.2 Å². The zero-order valence-corrected chi connectivity index (χ0v) is 14.6. The number of benzene rings is 1. The molecule has 1 aliphatic heterocycles. The van der Waals surface area contributed by atoms with Gasteiger partial charge in [0.2, 0.25) is 0 Å². The van der Waals surface area contributed by atoms with Crippen molar-refractivity contribution in [2.75, 3.05) is 0 Å². The van der Waals surface area contributed by atoms with Gasteiger partial charge in [0.15, 0.2) is 0 Å². The predicted molar refractivity (Wildman–Crippen MR) is 92.1 cm³/mol. The molecule has 1 aromatic heterocycles. The van der Waals surface area contributed by atoms with Crippen LogP contribution >= 0.6 is 23.2 Å². The fourth-order valence-corrected chi connectivity index (χ4v) is 2.82. The molecule has 0 bridgehead atoms. The standard InChI is InChI=1S/C17H14Cl2N2O4/c1-9-14(16(22)25-8-11-3-2-6-24-11)15(21-17(23)20-9)10-4-5-12(18)13(19)7-10/h2-7,15H,8H2,1H3,(H2,20,21,23)/t15-/m0/s1. The van der Waals surface area contributed by atoms with Gasteiger partial charge in [-0.15, -0.1) is 0 Å². The van der Waals surface area contributed by atoms with E-state index >= 15 is 0 Å². The van der Waals surface area contributed by atoms with Gasteiger partial charge in [0.1, 0.15) is 12.4 Å². The van der Waals surface area contributed by atoms with Gasteiger partial charge in [0.05, 0.1) is 27.9 Å². The van der Waals surface area contributed by atoms with Crippen LogP contribution in [0.25, 0.3) is 0 Å². The van der Waals surface area contributed by atoms with Crippen LogP contribution in [0.5, 0.6) is 0 Å². The van der Waals surface area contributed by atoms with Crippen LogP contribution in [0.2, 0.25) is 10.0 Å². The highest BCUT2D eigenvalue weighted by atomic mass is 35.5. The minimum atomic E-state index is -0.701. The zero-order chi connectivity index (χ0) is 18.0. The smallest absolute Gasteiger partial charge is 0.338 e. The SMILES string of the molecule is CC1=C(C(=O)OCc2ccco2)[C@H](c2ccc(Cl)c(Cl)c2)NC(=O)N1. The molecule has 130 valence electrons. The van der Waals surface area contributed by atoms with Gasteiger partial charge in [-0.05, 0) is 36.8 Å². The number of hydrogen-bond donors (Lipinski definition) is 2. The molecule has 25 heavy (non-hydrogen) atoms. The first-order valence-electron chi connectivity index (χ1n) is 7.38. The molecular weight excluding hydrogens is 367 g/mol. The van der Waals surface area contributed by atoms with Crippen LogP contribution in [-0.4, -0.2) is 12.0 Å². The number of rotatable bonds is 4. The third-order valence-electron chi connectivity index (χ3n) is 3.69. The summed E-state index contributed by atoms with van der Waals surface area (Å²) >= 11 is 12.0. The Kier molecular flexibility index (Phi) is 5.01. The molecule has 0 spiro atoms. The molecule has 6 nitrogen and oxygen atoms in total. The van der Waals surface area contributed by atoms with Gasteiger partial charge in [-0.1, -0.05) is 29.3 Å². The van der Waals surface area contributed by atoms with E-state index < -0.39 is 18.0 Å². The van der Waals surface area contributed by atoms with E-state index in [1.54, 1.807) is 37.3 Å². The van der Waals surface area contributed by atoms with Gasteiger partial charge < -0.3 is 19.8 Å². The van der Waals surface area contributed by atoms with E-state index in [0.717, 1.165) is 0 Å². The summed E-state index contributed by atoms with van der Waals surface area (Å²) in [7, 11) is 0. The Balaban J connectivity index is 1.89. The molecule has 0 radical (unpaired) electrons. The molecule has 1 atom stereocenters. The van der Waals surface area contributed by atoms with E-state index in [0.29, 0.717) is 27.1 Å². The van der Waals surface area contributed by atoms with Crippen molar-refractivity contribution < 1.29 is 18.7 Å². The number of urea groups is 1. The molecule has 2 aromatic rings. The molecule has 8 heteroatoms. The van der Waals surface area contributed by atoms with Gasteiger partial charge in [-0.25, -0.2) is 9.59 Å². The lowest BCUT2D eigenvalue weighted by Gasteiger charge is -2.28. The number of nitrogens with one attached hydrogen (secondary N) is 2. The highest BCUT2D eigenvalue weighted by Crippen LogP contribution is 2.32. The normalized spacial score (nSPS) is 17.1. The van der Waals surface area contributed by atoms with Gasteiger partial charge in [0, 0.05) is 5.70 Å². The second-order valence-corrected chi connectivity index (χ2v) is 6.21. The molecule has 1 aromatic carbocycles. The van der Waals surface area contributed by atoms with Gasteiger partial charge >= 0.3 is 12.0 Å². The Morgan fingerprint density at radius 3 is 2.76 bits per heavy atom. The number of halogens is 2. The number of hydrogen-bond acceptors (Lipinski definition) is 4. The molecule has 0 aliphatic carbocycles. The minimum absolute atomic E-state index is 0.00927. The van der Waals surface area contributed by atoms with E-state index in [1.807, 2.05) is 0 Å². The number of carbonyl (C=O) groups excluding carboxylic acids is 2. The fourth-order valence-electron chi connectivity index (χ4n) is 2.52. The summed E-state index contributed by atoms with van der Waals surface area (Å²) in [6, 6.07) is 7.18. The van der Waals surface area contributed by atoms with Crippen molar-refractivity contribution in [3.05, 3.63) is 69.2 Å². The first-order valence-corrected chi connectivity index (χ1v) is 8.14. The summed E-state index contributed by atoms with van der Waals surface area (Å²) in [4.78, 5) is 24.4. The molecular formula is C17H14Cl2N2O4. The second kappa shape index (κ2) is 7.21. The molecule has 0 saturated heterocycles. The van der Waals surface area contributed by atoms with Crippen LogP contribution in [0, 0.1) is 0 Å². The summed E-state index contributed by atoms with van der Waals surface area (Å²) in [5, 5.41) is 5.98. The third-order valence-corrected chi connectivity index (χ3v) is 4.43. The highest BCUT2D eigenvalue weighted by molar-refractivity contribution is 6.42. The number of allylic oxidation sites excluding steroid dienone is 1. The average molecular weight is 381 g/mol. The van der Waals surface area contributed by atoms with Crippen LogP contribution < -0.4 is 10.6 Å². The van der Waals surface area contributed by atoms with E-state index in [4.69, 9.17) is 32.4 Å². The van der Waals surface area contributed by atoms with Crippen LogP contribution in [0.3, 0.4) is 0 Å². The zero-order valence-electron chi connectivity index (χ0n) is 13.1. The Labute approximate surface area is 153 Å². The molecule has 1 aliphatic rings. The maximum atomic E-state index is 12.6. The lowest BCUT2D eigenvalue weighted by molar-refractivity contribution is -0.141. The van der Waals surface area contributed by atoms with Gasteiger partial charge in [-0.2, -0.15) is 0 Å². The van der Waals surface area contributed by atoms with Crippen molar-refractivity contribution in [1.82, 2.24) is 10.6 Å². The van der Waals surface area contributed by atoms with E-state index in [9.17, 15) is 9.59 Å². The summed E-state index contributed by atoms with van der Waals surface area (Å²) in [6.45, 7) is 1.62. The van der Waals surface area contributed by atoms with Gasteiger partial charge in [0.25, 0.3) is 0 Å². The quantitative estimate of drug-likeness (QED) is 0.786. The van der Waals surface area contributed by atoms with Crippen molar-refractivity contribution in [3.8, 4) is 0 Å². The largest absolute Gasteiger partial charge is 0.466 e. The first kappa shape index (κ1) is 17.4.